The molecule has 21 heavy (non-hydrogen) atoms. The average molecular weight is 352 g/mol. The molecule has 0 unspecified atom stereocenters. The number of aromatic nitrogens is 1. The molecular weight excluding hydrogens is 338 g/mol. The van der Waals surface area contributed by atoms with Gasteiger partial charge in [0.05, 0.1) is 13.3 Å². The summed E-state index contributed by atoms with van der Waals surface area (Å²) in [6, 6.07) is 7.01. The van der Waals surface area contributed by atoms with Crippen LogP contribution in [0.1, 0.15) is 11.1 Å². The largest absolute Gasteiger partial charge is 0.496 e. The molecule has 0 saturated heterocycles. The van der Waals surface area contributed by atoms with E-state index in [1.54, 1.807) is 37.7 Å². The zero-order valence-corrected chi connectivity index (χ0v) is 12.9. The van der Waals surface area contributed by atoms with Crippen LogP contribution in [0.15, 0.2) is 46.3 Å². The van der Waals surface area contributed by atoms with Crippen LogP contribution in [0, 0.1) is 0 Å². The summed E-state index contributed by atoms with van der Waals surface area (Å²) in [4.78, 5) is 4.02. The maximum absolute atomic E-state index is 8.73. The zero-order chi connectivity index (χ0) is 15.2. The molecule has 1 aromatic carbocycles. The van der Waals surface area contributed by atoms with Gasteiger partial charge in [0.2, 0.25) is 0 Å². The van der Waals surface area contributed by atoms with Crippen molar-refractivity contribution in [2.75, 3.05) is 7.11 Å². The normalized spacial score (nSPS) is 11.2. The van der Waals surface area contributed by atoms with Crippen LogP contribution in [0.25, 0.3) is 0 Å². The maximum Gasteiger partial charge on any atom is 0.170 e. The number of hydrogen-bond donors (Lipinski definition) is 2. The van der Waals surface area contributed by atoms with E-state index in [2.05, 4.69) is 26.1 Å². The van der Waals surface area contributed by atoms with Gasteiger partial charge in [-0.2, -0.15) is 0 Å². The minimum Gasteiger partial charge on any atom is -0.496 e. The molecule has 2 aromatic rings. The van der Waals surface area contributed by atoms with Gasteiger partial charge in [-0.05, 0) is 40.2 Å². The number of halogens is 1. The van der Waals surface area contributed by atoms with E-state index < -0.39 is 0 Å². The number of nitrogens with zero attached hydrogens (tertiary/aromatic N) is 2. The number of amidine groups is 1. The lowest BCUT2D eigenvalue weighted by Gasteiger charge is -2.11. The number of nitrogens with two attached hydrogens (primary N) is 1. The summed E-state index contributed by atoms with van der Waals surface area (Å²) in [5, 5.41) is 11.7. The molecule has 0 aliphatic heterocycles. The Bertz CT molecular complexity index is 662. The maximum atomic E-state index is 8.73. The fourth-order valence-electron chi connectivity index (χ4n) is 1.74. The molecule has 110 valence electrons. The van der Waals surface area contributed by atoms with Gasteiger partial charge < -0.3 is 20.4 Å². The van der Waals surface area contributed by atoms with E-state index in [1.807, 2.05) is 6.07 Å². The Kier molecular flexibility index (Phi) is 4.99. The molecule has 2 rings (SSSR count). The lowest BCUT2D eigenvalue weighted by Crippen LogP contribution is -2.13. The summed E-state index contributed by atoms with van der Waals surface area (Å²) in [5.74, 6) is 1.32. The van der Waals surface area contributed by atoms with Gasteiger partial charge in [-0.1, -0.05) is 5.16 Å². The lowest BCUT2D eigenvalue weighted by molar-refractivity contribution is 0.295. The summed E-state index contributed by atoms with van der Waals surface area (Å²) in [5.41, 5.74) is 6.95. The summed E-state index contributed by atoms with van der Waals surface area (Å²) >= 11 is 3.33. The molecule has 1 aromatic heterocycles. The number of rotatable bonds is 5. The molecular formula is C14H14BrN3O3. The smallest absolute Gasteiger partial charge is 0.170 e. The van der Waals surface area contributed by atoms with E-state index in [9.17, 15) is 0 Å². The predicted octanol–water partition coefficient (Wildman–Crippen LogP) is 2.53. The second-order valence-electron chi connectivity index (χ2n) is 4.14. The first kappa shape index (κ1) is 15.1. The van der Waals surface area contributed by atoms with Crippen molar-refractivity contribution < 1.29 is 14.7 Å². The van der Waals surface area contributed by atoms with Crippen molar-refractivity contribution in [3.05, 3.63) is 52.3 Å². The molecule has 0 spiro atoms. The van der Waals surface area contributed by atoms with Crippen LogP contribution in [0.2, 0.25) is 0 Å². The van der Waals surface area contributed by atoms with Gasteiger partial charge in [-0.3, -0.25) is 4.98 Å². The number of ether oxygens (including phenoxy) is 2. The first-order valence-corrected chi connectivity index (χ1v) is 6.81. The molecule has 0 atom stereocenters. The van der Waals surface area contributed by atoms with E-state index in [0.717, 1.165) is 10.0 Å². The molecule has 0 fully saturated rings. The zero-order valence-electron chi connectivity index (χ0n) is 11.3. The van der Waals surface area contributed by atoms with Gasteiger partial charge in [0.15, 0.2) is 5.84 Å². The number of pyridine rings is 1. The van der Waals surface area contributed by atoms with Crippen LogP contribution in [0.5, 0.6) is 11.5 Å². The fourth-order valence-corrected chi connectivity index (χ4v) is 2.08. The molecule has 0 saturated carbocycles. The van der Waals surface area contributed by atoms with Crippen LogP contribution in [0.4, 0.5) is 0 Å². The van der Waals surface area contributed by atoms with E-state index in [-0.39, 0.29) is 12.4 Å². The first-order valence-electron chi connectivity index (χ1n) is 6.02. The van der Waals surface area contributed by atoms with Crippen LogP contribution in [-0.2, 0) is 6.61 Å². The van der Waals surface area contributed by atoms with Crippen LogP contribution < -0.4 is 15.2 Å². The highest BCUT2D eigenvalue weighted by Gasteiger charge is 2.08. The molecule has 0 bridgehead atoms. The average Bonchev–Trinajstić information content (AvgIpc) is 2.52. The van der Waals surface area contributed by atoms with Gasteiger partial charge in [0, 0.05) is 21.8 Å². The Morgan fingerprint density at radius 3 is 2.86 bits per heavy atom. The molecule has 0 amide bonds. The molecule has 6 nitrogen and oxygen atoms in total. The van der Waals surface area contributed by atoms with Gasteiger partial charge in [0.1, 0.15) is 18.1 Å². The van der Waals surface area contributed by atoms with Gasteiger partial charge in [0.25, 0.3) is 0 Å². The van der Waals surface area contributed by atoms with Gasteiger partial charge in [-0.25, -0.2) is 0 Å². The minimum absolute atomic E-state index is 0.0306. The third kappa shape index (κ3) is 3.85. The minimum atomic E-state index is 0.0306. The van der Waals surface area contributed by atoms with Gasteiger partial charge >= 0.3 is 0 Å². The number of methoxy groups -OCH3 is 1. The topological polar surface area (TPSA) is 90.0 Å². The summed E-state index contributed by atoms with van der Waals surface area (Å²) in [7, 11) is 1.57. The third-order valence-electron chi connectivity index (χ3n) is 2.76. The van der Waals surface area contributed by atoms with Crippen LogP contribution >= 0.6 is 15.9 Å². The molecule has 0 radical (unpaired) electrons. The van der Waals surface area contributed by atoms with Crippen LogP contribution in [0.3, 0.4) is 0 Å². The lowest BCUT2D eigenvalue weighted by atomic mass is 10.1. The second-order valence-corrected chi connectivity index (χ2v) is 5.06. The Hall–Kier alpha value is -2.28. The number of benzene rings is 1. The Morgan fingerprint density at radius 2 is 2.19 bits per heavy atom. The van der Waals surface area contributed by atoms with E-state index in [1.165, 1.54) is 0 Å². The quantitative estimate of drug-likeness (QED) is 0.374. The van der Waals surface area contributed by atoms with E-state index in [0.29, 0.717) is 17.1 Å². The van der Waals surface area contributed by atoms with Crippen molar-refractivity contribution in [2.24, 2.45) is 10.9 Å². The van der Waals surface area contributed by atoms with E-state index >= 15 is 0 Å². The highest BCUT2D eigenvalue weighted by molar-refractivity contribution is 9.10. The molecule has 0 aliphatic carbocycles. The highest BCUT2D eigenvalue weighted by Crippen LogP contribution is 2.23. The Labute approximate surface area is 130 Å². The molecule has 7 heteroatoms. The number of oxime groups is 1. The predicted molar refractivity (Wildman–Crippen MR) is 81.8 cm³/mol. The van der Waals surface area contributed by atoms with E-state index in [4.69, 9.17) is 20.4 Å². The van der Waals surface area contributed by atoms with Gasteiger partial charge in [-0.15, -0.1) is 0 Å². The number of hydrogen-bond acceptors (Lipinski definition) is 5. The second kappa shape index (κ2) is 6.94. The van der Waals surface area contributed by atoms with Crippen molar-refractivity contribution >= 4 is 21.8 Å². The highest BCUT2D eigenvalue weighted by atomic mass is 79.9. The Morgan fingerprint density at radius 1 is 1.38 bits per heavy atom. The SMILES string of the molecule is COc1ccc(/C(N)=N/O)cc1COc1cncc(Br)c1. The summed E-state index contributed by atoms with van der Waals surface area (Å²) in [6.07, 6.45) is 3.29. The van der Waals surface area contributed by atoms with Crippen molar-refractivity contribution in [1.29, 1.82) is 0 Å². The molecule has 1 heterocycles. The third-order valence-corrected chi connectivity index (χ3v) is 3.19. The van der Waals surface area contributed by atoms with Crippen molar-refractivity contribution in [3.63, 3.8) is 0 Å². The monoisotopic (exact) mass is 351 g/mol. The molecule has 0 aliphatic rings. The summed E-state index contributed by atoms with van der Waals surface area (Å²) < 4.78 is 11.8. The van der Waals surface area contributed by atoms with Crippen molar-refractivity contribution in [2.45, 2.75) is 6.61 Å². The van der Waals surface area contributed by atoms with Crippen molar-refractivity contribution in [3.8, 4) is 11.5 Å². The summed E-state index contributed by atoms with van der Waals surface area (Å²) in [6.45, 7) is 0.272. The van der Waals surface area contributed by atoms with Crippen molar-refractivity contribution in [1.82, 2.24) is 4.98 Å². The Balaban J connectivity index is 2.21. The van der Waals surface area contributed by atoms with Crippen LogP contribution in [-0.4, -0.2) is 23.1 Å². The first-order chi connectivity index (χ1) is 10.1. The standard InChI is InChI=1S/C14H14BrN3O3/c1-20-13-3-2-9(14(16)18-19)4-10(13)8-21-12-5-11(15)6-17-7-12/h2-7,19H,8H2,1H3,(H2,16,18). The fraction of sp³-hybridized carbons (Fsp3) is 0.143. The molecule has 3 N–H and O–H groups in total.